The minimum atomic E-state index is -3.35. The smallest absolute Gasteiger partial charge is 0.253 e. The lowest BCUT2D eigenvalue weighted by Crippen LogP contribution is -2.34. The normalized spacial score (nSPS) is 11.3. The van der Waals surface area contributed by atoms with Crippen molar-refractivity contribution in [3.8, 4) is 0 Å². The van der Waals surface area contributed by atoms with E-state index in [0.717, 1.165) is 0 Å². The van der Waals surface area contributed by atoms with Crippen LogP contribution in [0, 0.1) is 0 Å². The number of carbonyl (C=O) groups is 1. The summed E-state index contributed by atoms with van der Waals surface area (Å²) in [6.45, 7) is 2.00. The van der Waals surface area contributed by atoms with Crippen LogP contribution in [-0.4, -0.2) is 33.2 Å². The zero-order chi connectivity index (χ0) is 14.5. The molecule has 0 saturated carbocycles. The Labute approximate surface area is 117 Å². The maximum atomic E-state index is 11.8. The van der Waals surface area contributed by atoms with Gasteiger partial charge in [0, 0.05) is 23.8 Å². The first kappa shape index (κ1) is 15.7. The molecule has 4 N–H and O–H groups in total. The van der Waals surface area contributed by atoms with Crippen LogP contribution in [0.1, 0.15) is 17.3 Å². The summed E-state index contributed by atoms with van der Waals surface area (Å²) in [6.07, 6.45) is 0. The molecule has 0 spiro atoms. The number of halogens is 1. The van der Waals surface area contributed by atoms with Crippen LogP contribution in [0.3, 0.4) is 0 Å². The molecule has 0 fully saturated rings. The second-order valence-electron chi connectivity index (χ2n) is 3.80. The first-order chi connectivity index (χ1) is 8.85. The predicted octanol–water partition coefficient (Wildman–Crippen LogP) is 0.591. The number of hydrogen-bond acceptors (Lipinski definition) is 4. The molecular weight excluding hydrogens is 290 g/mol. The van der Waals surface area contributed by atoms with E-state index < -0.39 is 15.9 Å². The molecule has 106 valence electrons. The number of amides is 1. The molecule has 0 unspecified atom stereocenters. The van der Waals surface area contributed by atoms with Crippen LogP contribution in [0.4, 0.5) is 5.69 Å². The number of anilines is 1. The van der Waals surface area contributed by atoms with E-state index in [2.05, 4.69) is 10.0 Å². The largest absolute Gasteiger partial charge is 0.398 e. The molecule has 1 aromatic rings. The van der Waals surface area contributed by atoms with Gasteiger partial charge in [-0.05, 0) is 18.2 Å². The average Bonchev–Trinajstić information content (AvgIpc) is 2.31. The molecule has 0 radical (unpaired) electrons. The third-order valence-electron chi connectivity index (χ3n) is 2.28. The maximum Gasteiger partial charge on any atom is 0.253 e. The number of carbonyl (C=O) groups excluding carboxylic acids is 1. The first-order valence-corrected chi connectivity index (χ1v) is 7.69. The van der Waals surface area contributed by atoms with Gasteiger partial charge >= 0.3 is 0 Å². The van der Waals surface area contributed by atoms with Crippen molar-refractivity contribution in [3.05, 3.63) is 28.8 Å². The summed E-state index contributed by atoms with van der Waals surface area (Å²) in [6, 6.07) is 4.53. The number of rotatable bonds is 6. The molecule has 1 aromatic carbocycles. The Kier molecular flexibility index (Phi) is 5.59. The molecule has 0 bridgehead atoms. The topological polar surface area (TPSA) is 101 Å². The fourth-order valence-corrected chi connectivity index (χ4v) is 2.54. The molecule has 0 atom stereocenters. The molecule has 0 heterocycles. The van der Waals surface area contributed by atoms with Gasteiger partial charge in [-0.1, -0.05) is 18.5 Å². The molecule has 0 saturated heterocycles. The fraction of sp³-hybridized carbons (Fsp3) is 0.364. The van der Waals surface area contributed by atoms with Gasteiger partial charge in [0.05, 0.1) is 11.3 Å². The molecule has 19 heavy (non-hydrogen) atoms. The maximum absolute atomic E-state index is 11.8. The van der Waals surface area contributed by atoms with Gasteiger partial charge in [-0.25, -0.2) is 13.1 Å². The van der Waals surface area contributed by atoms with Gasteiger partial charge in [0.25, 0.3) is 5.91 Å². The van der Waals surface area contributed by atoms with Crippen molar-refractivity contribution in [3.63, 3.8) is 0 Å². The summed E-state index contributed by atoms with van der Waals surface area (Å²) < 4.78 is 25.1. The summed E-state index contributed by atoms with van der Waals surface area (Å²) in [5.41, 5.74) is 6.16. The Morgan fingerprint density at radius 1 is 1.42 bits per heavy atom. The van der Waals surface area contributed by atoms with E-state index >= 15 is 0 Å². The Morgan fingerprint density at radius 2 is 2.11 bits per heavy atom. The van der Waals surface area contributed by atoms with Crippen molar-refractivity contribution < 1.29 is 13.2 Å². The summed E-state index contributed by atoms with van der Waals surface area (Å²) >= 11 is 5.77. The van der Waals surface area contributed by atoms with E-state index in [0.29, 0.717) is 11.6 Å². The summed E-state index contributed by atoms with van der Waals surface area (Å²) in [4.78, 5) is 11.8. The van der Waals surface area contributed by atoms with Crippen LogP contribution in [0.15, 0.2) is 18.2 Å². The van der Waals surface area contributed by atoms with Gasteiger partial charge in [0.15, 0.2) is 0 Å². The zero-order valence-electron chi connectivity index (χ0n) is 10.4. The highest BCUT2D eigenvalue weighted by Gasteiger charge is 2.12. The van der Waals surface area contributed by atoms with E-state index in [9.17, 15) is 13.2 Å². The highest BCUT2D eigenvalue weighted by molar-refractivity contribution is 7.89. The number of benzene rings is 1. The molecule has 0 aliphatic rings. The summed E-state index contributed by atoms with van der Waals surface area (Å²) in [5.74, 6) is -0.640. The van der Waals surface area contributed by atoms with Crippen molar-refractivity contribution in [2.75, 3.05) is 24.6 Å². The number of hydrogen-bond donors (Lipinski definition) is 3. The summed E-state index contributed by atoms with van der Waals surface area (Å²) in [7, 11) is -3.35. The van der Waals surface area contributed by atoms with Gasteiger partial charge in [-0.2, -0.15) is 0 Å². The minimum absolute atomic E-state index is 0.000119. The minimum Gasteiger partial charge on any atom is -0.398 e. The van der Waals surface area contributed by atoms with Gasteiger partial charge in [0.2, 0.25) is 10.0 Å². The Balaban J connectivity index is 2.59. The van der Waals surface area contributed by atoms with Gasteiger partial charge < -0.3 is 11.1 Å². The first-order valence-electron chi connectivity index (χ1n) is 5.66. The van der Waals surface area contributed by atoms with Crippen molar-refractivity contribution in [2.24, 2.45) is 0 Å². The monoisotopic (exact) mass is 305 g/mol. The van der Waals surface area contributed by atoms with Crippen LogP contribution < -0.4 is 15.8 Å². The molecule has 1 amide bonds. The molecular formula is C11H16ClN3O3S. The van der Waals surface area contributed by atoms with Crippen LogP contribution in [0.2, 0.25) is 5.02 Å². The number of sulfonamides is 1. The Morgan fingerprint density at radius 3 is 2.74 bits per heavy atom. The van der Waals surface area contributed by atoms with Crippen molar-refractivity contribution in [2.45, 2.75) is 6.92 Å². The second-order valence-corrected chi connectivity index (χ2v) is 6.17. The van der Waals surface area contributed by atoms with Crippen molar-refractivity contribution in [1.82, 2.24) is 10.0 Å². The Hall–Kier alpha value is -1.31. The standard InChI is InChI=1S/C11H16ClN3O3S/c1-2-15-19(17,18)6-5-14-11(16)9-7-8(12)3-4-10(9)13/h3-4,7,15H,2,5-6,13H2,1H3,(H,14,16). The fourth-order valence-electron chi connectivity index (χ4n) is 1.41. The van der Waals surface area contributed by atoms with Crippen molar-refractivity contribution in [1.29, 1.82) is 0 Å². The van der Waals surface area contributed by atoms with Crippen LogP contribution >= 0.6 is 11.6 Å². The molecule has 0 aromatic heterocycles. The van der Waals surface area contributed by atoms with E-state index in [4.69, 9.17) is 17.3 Å². The lowest BCUT2D eigenvalue weighted by atomic mass is 10.1. The van der Waals surface area contributed by atoms with E-state index in [1.54, 1.807) is 13.0 Å². The number of nitrogens with two attached hydrogens (primary N) is 1. The summed E-state index contributed by atoms with van der Waals surface area (Å²) in [5, 5.41) is 2.87. The lowest BCUT2D eigenvalue weighted by molar-refractivity contribution is 0.0957. The van der Waals surface area contributed by atoms with Gasteiger partial charge in [-0.15, -0.1) is 0 Å². The van der Waals surface area contributed by atoms with E-state index in [1.807, 2.05) is 0 Å². The molecule has 8 heteroatoms. The third kappa shape index (κ3) is 5.06. The Bertz CT molecular complexity index is 560. The number of nitrogen functional groups attached to an aromatic ring is 1. The highest BCUT2D eigenvalue weighted by Crippen LogP contribution is 2.17. The van der Waals surface area contributed by atoms with Crippen molar-refractivity contribution >= 4 is 33.2 Å². The molecule has 1 rings (SSSR count). The van der Waals surface area contributed by atoms with Crippen LogP contribution in [0.25, 0.3) is 0 Å². The van der Waals surface area contributed by atoms with E-state index in [1.165, 1.54) is 12.1 Å². The highest BCUT2D eigenvalue weighted by atomic mass is 35.5. The van der Waals surface area contributed by atoms with E-state index in [-0.39, 0.29) is 23.5 Å². The predicted molar refractivity (Wildman–Crippen MR) is 75.7 cm³/mol. The van der Waals surface area contributed by atoms with Gasteiger partial charge in [0.1, 0.15) is 0 Å². The molecule has 0 aliphatic heterocycles. The quantitative estimate of drug-likeness (QED) is 0.670. The molecule has 0 aliphatic carbocycles. The average molecular weight is 306 g/mol. The third-order valence-corrected chi connectivity index (χ3v) is 3.99. The second kappa shape index (κ2) is 6.74. The van der Waals surface area contributed by atoms with Crippen LogP contribution in [-0.2, 0) is 10.0 Å². The lowest BCUT2D eigenvalue weighted by Gasteiger charge is -2.08. The molecule has 6 nitrogen and oxygen atoms in total. The SMILES string of the molecule is CCNS(=O)(=O)CCNC(=O)c1cc(Cl)ccc1N. The number of nitrogens with one attached hydrogen (secondary N) is 2. The van der Waals surface area contributed by atoms with Crippen LogP contribution in [0.5, 0.6) is 0 Å². The zero-order valence-corrected chi connectivity index (χ0v) is 12.0. The van der Waals surface area contributed by atoms with Gasteiger partial charge in [-0.3, -0.25) is 4.79 Å².